The molecule has 3 fully saturated rings. The monoisotopic (exact) mass is 533 g/mol. The summed E-state index contributed by atoms with van der Waals surface area (Å²) >= 11 is 0. The largest absolute Gasteiger partial charge is 0.477 e. The van der Waals surface area contributed by atoms with Gasteiger partial charge in [0.15, 0.2) is 11.3 Å². The van der Waals surface area contributed by atoms with Crippen LogP contribution < -0.4 is 4.74 Å². The van der Waals surface area contributed by atoms with Gasteiger partial charge in [-0.25, -0.2) is 14.5 Å². The van der Waals surface area contributed by atoms with E-state index in [0.29, 0.717) is 23.4 Å². The molecule has 2 N–H and O–H groups in total. The van der Waals surface area contributed by atoms with Gasteiger partial charge in [-0.05, 0) is 62.8 Å². The lowest BCUT2D eigenvalue weighted by Gasteiger charge is -2.25. The Morgan fingerprint density at radius 3 is 2.31 bits per heavy atom. The summed E-state index contributed by atoms with van der Waals surface area (Å²) in [5, 5.41) is 26.7. The van der Waals surface area contributed by atoms with Crippen LogP contribution >= 0.6 is 0 Å². The van der Waals surface area contributed by atoms with E-state index in [1.165, 1.54) is 6.42 Å². The molecule has 1 saturated carbocycles. The van der Waals surface area contributed by atoms with Gasteiger partial charge >= 0.3 is 5.97 Å². The van der Waals surface area contributed by atoms with E-state index >= 15 is 0 Å². The number of pyridine rings is 1. The average molecular weight is 534 g/mol. The van der Waals surface area contributed by atoms with Crippen LogP contribution in [0, 0.1) is 11.8 Å². The third-order valence-electron chi connectivity index (χ3n) is 8.68. The zero-order valence-corrected chi connectivity index (χ0v) is 23.1. The lowest BCUT2D eigenvalue weighted by Crippen LogP contribution is -2.30. The average Bonchev–Trinajstić information content (AvgIpc) is 3.59. The lowest BCUT2D eigenvalue weighted by molar-refractivity contribution is 0.0117. The molecule has 3 unspecified atom stereocenters. The molecule has 9 nitrogen and oxygen atoms in total. The summed E-state index contributed by atoms with van der Waals surface area (Å²) in [6, 6.07) is 9.60. The minimum Gasteiger partial charge on any atom is -0.477 e. The SMILES string of the molecule is CC(C)Oc1nn(C2CCCCC2)c2nc(C(=O)O)cc(-c3ccc(C(O)N4CC5CN(C)CC5C4)cc3)c12. The van der Waals surface area contributed by atoms with Gasteiger partial charge in [0.1, 0.15) is 6.23 Å². The number of aromatic carboxylic acids is 1. The molecule has 6 rings (SSSR count). The molecule has 0 spiro atoms. The number of benzene rings is 1. The fraction of sp³-hybridized carbons (Fsp3) is 0.567. The van der Waals surface area contributed by atoms with Gasteiger partial charge in [-0.15, -0.1) is 5.10 Å². The molecule has 0 amide bonds. The highest BCUT2D eigenvalue weighted by Gasteiger charge is 2.40. The minimum atomic E-state index is -1.07. The van der Waals surface area contributed by atoms with Crippen LogP contribution in [-0.2, 0) is 0 Å². The van der Waals surface area contributed by atoms with E-state index in [2.05, 4.69) is 21.8 Å². The Balaban J connectivity index is 1.37. The van der Waals surface area contributed by atoms with Crippen molar-refractivity contribution in [1.82, 2.24) is 24.6 Å². The number of hydrogen-bond donors (Lipinski definition) is 2. The molecule has 1 aromatic carbocycles. The number of fused-ring (bicyclic) bond motifs is 2. The maximum atomic E-state index is 12.1. The first-order valence-corrected chi connectivity index (χ1v) is 14.3. The normalized spacial score (nSPS) is 23.5. The molecule has 2 aromatic heterocycles. The van der Waals surface area contributed by atoms with E-state index in [0.717, 1.165) is 73.9 Å². The summed E-state index contributed by atoms with van der Waals surface area (Å²) in [4.78, 5) is 21.2. The maximum Gasteiger partial charge on any atom is 0.354 e. The number of aliphatic hydroxyl groups is 1. The van der Waals surface area contributed by atoms with Crippen molar-refractivity contribution in [2.24, 2.45) is 11.8 Å². The summed E-state index contributed by atoms with van der Waals surface area (Å²) in [7, 11) is 2.17. The third kappa shape index (κ3) is 5.03. The Hall–Kier alpha value is -3.01. The number of carboxylic acid groups (broad SMARTS) is 1. The molecular formula is C30H39N5O4. The van der Waals surface area contributed by atoms with Gasteiger partial charge in [0.05, 0.1) is 17.5 Å². The van der Waals surface area contributed by atoms with Crippen molar-refractivity contribution in [3.8, 4) is 17.0 Å². The molecule has 0 radical (unpaired) electrons. The summed E-state index contributed by atoms with van der Waals surface area (Å²) in [6.45, 7) is 7.91. The predicted molar refractivity (Wildman–Crippen MR) is 149 cm³/mol. The Morgan fingerprint density at radius 2 is 1.69 bits per heavy atom. The van der Waals surface area contributed by atoms with E-state index < -0.39 is 12.2 Å². The quantitative estimate of drug-likeness (QED) is 0.455. The molecule has 4 heterocycles. The number of ether oxygens (including phenoxy) is 1. The highest BCUT2D eigenvalue weighted by atomic mass is 16.5. The van der Waals surface area contributed by atoms with Crippen LogP contribution in [0.4, 0.5) is 0 Å². The Bertz CT molecular complexity index is 1330. The van der Waals surface area contributed by atoms with E-state index in [4.69, 9.17) is 9.84 Å². The number of rotatable bonds is 7. The van der Waals surface area contributed by atoms with Gasteiger partial charge in [-0.1, -0.05) is 43.5 Å². The fourth-order valence-corrected chi connectivity index (χ4v) is 6.84. The first kappa shape index (κ1) is 26.2. The van der Waals surface area contributed by atoms with Gasteiger partial charge in [-0.2, -0.15) is 0 Å². The first-order valence-electron chi connectivity index (χ1n) is 14.3. The lowest BCUT2D eigenvalue weighted by atomic mass is 9.95. The van der Waals surface area contributed by atoms with Crippen LogP contribution in [0.5, 0.6) is 5.88 Å². The second-order valence-electron chi connectivity index (χ2n) is 12.0. The molecule has 208 valence electrons. The van der Waals surface area contributed by atoms with Crippen LogP contribution in [-0.4, -0.2) is 80.1 Å². The molecule has 0 bridgehead atoms. The topological polar surface area (TPSA) is 104 Å². The summed E-state index contributed by atoms with van der Waals surface area (Å²) in [6.07, 6.45) is 4.69. The van der Waals surface area contributed by atoms with Crippen LogP contribution in [0.1, 0.15) is 74.3 Å². The highest BCUT2D eigenvalue weighted by Crippen LogP contribution is 2.40. The molecule has 2 saturated heterocycles. The van der Waals surface area contributed by atoms with Crippen LogP contribution in [0.3, 0.4) is 0 Å². The Morgan fingerprint density at radius 1 is 1.03 bits per heavy atom. The van der Waals surface area contributed by atoms with Crippen molar-refractivity contribution in [3.63, 3.8) is 0 Å². The molecular weight excluding hydrogens is 494 g/mol. The zero-order chi connectivity index (χ0) is 27.3. The van der Waals surface area contributed by atoms with Crippen molar-refractivity contribution >= 4 is 17.0 Å². The van der Waals surface area contributed by atoms with Crippen molar-refractivity contribution in [2.75, 3.05) is 33.2 Å². The van der Waals surface area contributed by atoms with Gasteiger partial charge in [-0.3, -0.25) is 4.90 Å². The van der Waals surface area contributed by atoms with E-state index in [1.807, 2.05) is 42.8 Å². The molecule has 3 aliphatic rings. The number of aromatic nitrogens is 3. The number of carbonyl (C=O) groups is 1. The number of carboxylic acids is 1. The number of hydrogen-bond acceptors (Lipinski definition) is 7. The molecule has 3 aromatic rings. The number of aliphatic hydroxyl groups excluding tert-OH is 1. The van der Waals surface area contributed by atoms with Gasteiger partial charge in [0, 0.05) is 31.7 Å². The zero-order valence-electron chi connectivity index (χ0n) is 23.1. The predicted octanol–water partition coefficient (Wildman–Crippen LogP) is 4.57. The van der Waals surface area contributed by atoms with Crippen LogP contribution in [0.15, 0.2) is 30.3 Å². The third-order valence-corrected chi connectivity index (χ3v) is 8.68. The van der Waals surface area contributed by atoms with Crippen molar-refractivity contribution < 1.29 is 19.7 Å². The Labute approximate surface area is 229 Å². The second kappa shape index (κ2) is 10.5. The summed E-state index contributed by atoms with van der Waals surface area (Å²) in [5.41, 5.74) is 2.97. The minimum absolute atomic E-state index is 0.0109. The van der Waals surface area contributed by atoms with E-state index in [1.54, 1.807) is 6.07 Å². The van der Waals surface area contributed by atoms with Gasteiger partial charge < -0.3 is 19.8 Å². The molecule has 1 aliphatic carbocycles. The van der Waals surface area contributed by atoms with Crippen molar-refractivity contribution in [1.29, 1.82) is 0 Å². The number of likely N-dealkylation sites (tertiary alicyclic amines) is 2. The molecule has 9 heteroatoms. The highest BCUT2D eigenvalue weighted by molar-refractivity contribution is 6.01. The first-order chi connectivity index (χ1) is 18.8. The van der Waals surface area contributed by atoms with Crippen molar-refractivity contribution in [2.45, 2.75) is 64.3 Å². The van der Waals surface area contributed by atoms with Crippen LogP contribution in [0.2, 0.25) is 0 Å². The van der Waals surface area contributed by atoms with Gasteiger partial charge in [0.25, 0.3) is 0 Å². The van der Waals surface area contributed by atoms with E-state index in [9.17, 15) is 15.0 Å². The summed E-state index contributed by atoms with van der Waals surface area (Å²) < 4.78 is 8.07. The van der Waals surface area contributed by atoms with Crippen molar-refractivity contribution in [3.05, 3.63) is 41.6 Å². The molecule has 3 atom stereocenters. The smallest absolute Gasteiger partial charge is 0.354 e. The maximum absolute atomic E-state index is 12.1. The molecule has 2 aliphatic heterocycles. The fourth-order valence-electron chi connectivity index (χ4n) is 6.84. The van der Waals surface area contributed by atoms with Crippen LogP contribution in [0.25, 0.3) is 22.2 Å². The Kier molecular flexibility index (Phi) is 7.07. The second-order valence-corrected chi connectivity index (χ2v) is 12.0. The number of nitrogens with zero attached hydrogens (tertiary/aromatic N) is 5. The summed E-state index contributed by atoms with van der Waals surface area (Å²) in [5.74, 6) is 0.646. The van der Waals surface area contributed by atoms with Gasteiger partial charge in [0.2, 0.25) is 5.88 Å². The van der Waals surface area contributed by atoms with E-state index in [-0.39, 0.29) is 17.8 Å². The molecule has 39 heavy (non-hydrogen) atoms. The standard InChI is InChI=1S/C30H39N5O4/c1-18(2)39-28-26-24(13-25(30(37)38)31-27(26)35(32-28)23-7-5-4-6-8-23)19-9-11-20(12-10-19)29(36)34-16-21-14-33(3)15-22(21)17-34/h9-13,18,21-23,29,36H,4-8,14-17H2,1-3H3,(H,37,38).